The minimum absolute atomic E-state index is 0.0901. The van der Waals surface area contributed by atoms with Crippen LogP contribution in [0.25, 0.3) is 0 Å². The molecule has 1 saturated carbocycles. The number of anilines is 1. The number of carbonyl (C=O) groups excluding carboxylic acids is 2. The van der Waals surface area contributed by atoms with Gasteiger partial charge in [-0.1, -0.05) is 18.2 Å². The summed E-state index contributed by atoms with van der Waals surface area (Å²) in [4.78, 5) is 23.7. The van der Waals surface area contributed by atoms with Crippen LogP contribution in [0.1, 0.15) is 17.9 Å². The number of hydrogen-bond donors (Lipinski definition) is 2. The summed E-state index contributed by atoms with van der Waals surface area (Å²) in [6.45, 7) is -0.403. The van der Waals surface area contributed by atoms with E-state index in [1.807, 2.05) is 0 Å². The maximum absolute atomic E-state index is 13.7. The molecule has 0 spiro atoms. The third kappa shape index (κ3) is 3.71. The molecule has 1 fully saturated rings. The molecule has 0 heterocycles. The van der Waals surface area contributed by atoms with E-state index in [2.05, 4.69) is 5.32 Å². The number of hydrogen-bond acceptors (Lipinski definition) is 4. The van der Waals surface area contributed by atoms with Gasteiger partial charge in [0.15, 0.2) is 6.61 Å². The summed E-state index contributed by atoms with van der Waals surface area (Å²) in [6, 6.07) is 12.3. The maximum Gasteiger partial charge on any atom is 0.310 e. The van der Waals surface area contributed by atoms with Crippen molar-refractivity contribution < 1.29 is 23.8 Å². The highest BCUT2D eigenvalue weighted by Crippen LogP contribution is 2.48. The van der Waals surface area contributed by atoms with Crippen LogP contribution in [0.2, 0.25) is 0 Å². The average molecular weight is 329 g/mol. The summed E-state index contributed by atoms with van der Waals surface area (Å²) in [5.74, 6) is -1.79. The second kappa shape index (κ2) is 6.70. The van der Waals surface area contributed by atoms with Crippen LogP contribution < -0.4 is 5.32 Å². The number of amides is 1. The molecule has 0 unspecified atom stereocenters. The summed E-state index contributed by atoms with van der Waals surface area (Å²) >= 11 is 0. The quantitative estimate of drug-likeness (QED) is 0.653. The number of carbonyl (C=O) groups is 2. The largest absolute Gasteiger partial charge is 0.508 e. The van der Waals surface area contributed by atoms with Gasteiger partial charge in [0.2, 0.25) is 0 Å². The van der Waals surface area contributed by atoms with Gasteiger partial charge in [0.25, 0.3) is 5.91 Å². The second-order valence-corrected chi connectivity index (χ2v) is 5.67. The van der Waals surface area contributed by atoms with Gasteiger partial charge < -0.3 is 15.2 Å². The normalized spacial score (nSPS) is 18.7. The molecule has 1 aliphatic carbocycles. The van der Waals surface area contributed by atoms with E-state index < -0.39 is 24.4 Å². The van der Waals surface area contributed by atoms with Crippen molar-refractivity contribution >= 4 is 17.6 Å². The first kappa shape index (κ1) is 16.0. The third-order valence-corrected chi connectivity index (χ3v) is 3.89. The van der Waals surface area contributed by atoms with Crippen molar-refractivity contribution in [3.8, 4) is 5.75 Å². The number of esters is 1. The van der Waals surface area contributed by atoms with Gasteiger partial charge in [0, 0.05) is 11.6 Å². The standard InChI is InChI=1S/C18H16FNO4/c19-16-4-2-1-3-13(16)14-9-15(14)18(23)24-10-17(22)20-11-5-7-12(21)8-6-11/h1-8,14-15,21H,9-10H2,(H,20,22)/t14-,15+/m1/s1. The summed E-state index contributed by atoms with van der Waals surface area (Å²) in [5.41, 5.74) is 0.998. The molecule has 2 atom stereocenters. The zero-order valence-corrected chi connectivity index (χ0v) is 12.7. The number of benzene rings is 2. The molecule has 24 heavy (non-hydrogen) atoms. The zero-order valence-electron chi connectivity index (χ0n) is 12.7. The Bertz CT molecular complexity index is 760. The Hall–Kier alpha value is -2.89. The topological polar surface area (TPSA) is 75.6 Å². The van der Waals surface area contributed by atoms with E-state index in [1.165, 1.54) is 30.3 Å². The minimum atomic E-state index is -0.496. The number of phenols is 1. The fourth-order valence-electron chi connectivity index (χ4n) is 2.56. The lowest BCUT2D eigenvalue weighted by molar-refractivity contribution is -0.148. The Morgan fingerprint density at radius 2 is 1.88 bits per heavy atom. The average Bonchev–Trinajstić information content (AvgIpc) is 3.36. The number of halogens is 1. The van der Waals surface area contributed by atoms with Crippen molar-refractivity contribution in [2.75, 3.05) is 11.9 Å². The van der Waals surface area contributed by atoms with Crippen LogP contribution in [-0.2, 0) is 14.3 Å². The molecule has 0 radical (unpaired) electrons. The van der Waals surface area contributed by atoms with Crippen molar-refractivity contribution in [1.29, 1.82) is 0 Å². The molecule has 1 amide bonds. The van der Waals surface area contributed by atoms with Crippen LogP contribution in [0, 0.1) is 11.7 Å². The van der Waals surface area contributed by atoms with Crippen molar-refractivity contribution in [3.05, 3.63) is 59.9 Å². The van der Waals surface area contributed by atoms with Crippen molar-refractivity contribution in [2.24, 2.45) is 5.92 Å². The number of nitrogens with one attached hydrogen (secondary N) is 1. The SMILES string of the molecule is O=C(COC(=O)[C@H]1C[C@@H]1c1ccccc1F)Nc1ccc(O)cc1. The number of phenolic OH excluding ortho intramolecular Hbond substituents is 1. The lowest BCUT2D eigenvalue weighted by Crippen LogP contribution is -2.21. The number of ether oxygens (including phenoxy) is 1. The molecule has 5 nitrogen and oxygen atoms in total. The Morgan fingerprint density at radius 3 is 2.58 bits per heavy atom. The van der Waals surface area contributed by atoms with Gasteiger partial charge in [-0.3, -0.25) is 9.59 Å². The Morgan fingerprint density at radius 1 is 1.17 bits per heavy atom. The van der Waals surface area contributed by atoms with Gasteiger partial charge in [0.05, 0.1) is 5.92 Å². The molecular weight excluding hydrogens is 313 g/mol. The smallest absolute Gasteiger partial charge is 0.310 e. The Balaban J connectivity index is 1.47. The molecule has 0 aromatic heterocycles. The highest BCUT2D eigenvalue weighted by molar-refractivity contribution is 5.93. The summed E-state index contributed by atoms with van der Waals surface area (Å²) in [6.07, 6.45) is 0.527. The van der Waals surface area contributed by atoms with Crippen LogP contribution in [0.15, 0.2) is 48.5 Å². The van der Waals surface area contributed by atoms with Gasteiger partial charge >= 0.3 is 5.97 Å². The van der Waals surface area contributed by atoms with E-state index in [9.17, 15) is 14.0 Å². The molecule has 2 N–H and O–H groups in total. The lowest BCUT2D eigenvalue weighted by atomic mass is 10.1. The Kier molecular flexibility index (Phi) is 4.46. The predicted octanol–water partition coefficient (Wildman–Crippen LogP) is 2.82. The summed E-state index contributed by atoms with van der Waals surface area (Å²) in [5, 5.41) is 11.7. The van der Waals surface area contributed by atoms with E-state index >= 15 is 0 Å². The fourth-order valence-corrected chi connectivity index (χ4v) is 2.56. The molecule has 0 saturated heterocycles. The predicted molar refractivity (Wildman–Crippen MR) is 84.9 cm³/mol. The van der Waals surface area contributed by atoms with E-state index in [4.69, 9.17) is 9.84 Å². The van der Waals surface area contributed by atoms with Crippen molar-refractivity contribution in [3.63, 3.8) is 0 Å². The highest BCUT2D eigenvalue weighted by Gasteiger charge is 2.46. The molecule has 124 valence electrons. The van der Waals surface area contributed by atoms with E-state index in [0.29, 0.717) is 17.7 Å². The van der Waals surface area contributed by atoms with Crippen molar-refractivity contribution in [2.45, 2.75) is 12.3 Å². The van der Waals surface area contributed by atoms with E-state index in [-0.39, 0.29) is 17.5 Å². The zero-order chi connectivity index (χ0) is 17.1. The number of rotatable bonds is 5. The first-order valence-corrected chi connectivity index (χ1v) is 7.54. The van der Waals surface area contributed by atoms with Gasteiger partial charge in [-0.25, -0.2) is 4.39 Å². The molecular formula is C18H16FNO4. The molecule has 3 rings (SSSR count). The van der Waals surface area contributed by atoms with E-state index in [0.717, 1.165) is 0 Å². The molecule has 6 heteroatoms. The van der Waals surface area contributed by atoms with Crippen LogP contribution in [-0.4, -0.2) is 23.6 Å². The number of aromatic hydroxyl groups is 1. The first-order valence-electron chi connectivity index (χ1n) is 7.54. The van der Waals surface area contributed by atoms with Crippen LogP contribution in [0.5, 0.6) is 5.75 Å². The second-order valence-electron chi connectivity index (χ2n) is 5.67. The molecule has 0 aliphatic heterocycles. The first-order chi connectivity index (χ1) is 11.5. The van der Waals surface area contributed by atoms with Gasteiger partial charge in [-0.2, -0.15) is 0 Å². The van der Waals surface area contributed by atoms with Crippen LogP contribution in [0.3, 0.4) is 0 Å². The third-order valence-electron chi connectivity index (χ3n) is 3.89. The van der Waals surface area contributed by atoms with Crippen molar-refractivity contribution in [1.82, 2.24) is 0 Å². The highest BCUT2D eigenvalue weighted by atomic mass is 19.1. The lowest BCUT2D eigenvalue weighted by Gasteiger charge is -2.07. The van der Waals surface area contributed by atoms with Crippen LogP contribution in [0.4, 0.5) is 10.1 Å². The molecule has 2 aromatic rings. The molecule has 1 aliphatic rings. The Labute approximate surface area is 138 Å². The minimum Gasteiger partial charge on any atom is -0.508 e. The van der Waals surface area contributed by atoms with Crippen LogP contribution >= 0.6 is 0 Å². The van der Waals surface area contributed by atoms with Gasteiger partial charge in [0.1, 0.15) is 11.6 Å². The summed E-state index contributed by atoms with van der Waals surface area (Å²) in [7, 11) is 0. The monoisotopic (exact) mass is 329 g/mol. The maximum atomic E-state index is 13.7. The van der Waals surface area contributed by atoms with Gasteiger partial charge in [-0.15, -0.1) is 0 Å². The molecule has 0 bridgehead atoms. The van der Waals surface area contributed by atoms with Gasteiger partial charge in [-0.05, 0) is 42.3 Å². The fraction of sp³-hybridized carbons (Fsp3) is 0.222. The summed E-state index contributed by atoms with van der Waals surface area (Å²) < 4.78 is 18.7. The molecule has 2 aromatic carbocycles. The van der Waals surface area contributed by atoms with E-state index in [1.54, 1.807) is 18.2 Å².